The number of aromatic nitrogens is 1. The summed E-state index contributed by atoms with van der Waals surface area (Å²) in [6, 6.07) is 13.3. The molecule has 1 amide bonds. The van der Waals surface area contributed by atoms with Crippen molar-refractivity contribution in [3.63, 3.8) is 0 Å². The first kappa shape index (κ1) is 23.9. The molecular weight excluding hydrogens is 491 g/mol. The van der Waals surface area contributed by atoms with Gasteiger partial charge in [0.25, 0.3) is 0 Å². The fourth-order valence-corrected chi connectivity index (χ4v) is 4.74. The summed E-state index contributed by atoms with van der Waals surface area (Å²) in [7, 11) is 0. The predicted molar refractivity (Wildman–Crippen MR) is 133 cm³/mol. The summed E-state index contributed by atoms with van der Waals surface area (Å²) >= 11 is 12.9. The van der Waals surface area contributed by atoms with E-state index in [1.807, 2.05) is 30.3 Å². The van der Waals surface area contributed by atoms with Crippen LogP contribution < -0.4 is 15.7 Å². The van der Waals surface area contributed by atoms with Gasteiger partial charge in [0.1, 0.15) is 24.4 Å². The maximum Gasteiger partial charge on any atom is 0.427 e. The van der Waals surface area contributed by atoms with Crippen molar-refractivity contribution in [2.45, 2.75) is 44.9 Å². The maximum atomic E-state index is 11.3. The molecule has 3 aromatic rings. The predicted octanol–water partition coefficient (Wildman–Crippen LogP) is 6.16. The lowest BCUT2D eigenvalue weighted by atomic mass is 10.0. The third-order valence-electron chi connectivity index (χ3n) is 6.08. The average Bonchev–Trinajstić information content (AvgIpc) is 3.48. The van der Waals surface area contributed by atoms with Crippen LogP contribution in [0.25, 0.3) is 11.3 Å². The van der Waals surface area contributed by atoms with E-state index in [1.54, 1.807) is 12.1 Å². The number of ether oxygens (including phenoxy) is 1. The Labute approximate surface area is 213 Å². The number of nitrogens with one attached hydrogen (secondary N) is 2. The van der Waals surface area contributed by atoms with Gasteiger partial charge in [-0.2, -0.15) is 0 Å². The van der Waals surface area contributed by atoms with E-state index in [1.165, 1.54) is 0 Å². The van der Waals surface area contributed by atoms with E-state index in [4.69, 9.17) is 37.3 Å². The van der Waals surface area contributed by atoms with Gasteiger partial charge in [-0.3, -0.25) is 5.32 Å². The van der Waals surface area contributed by atoms with Gasteiger partial charge in [-0.15, -0.1) is 5.48 Å². The Balaban J connectivity index is 1.31. The Hall–Kier alpha value is -2.78. The zero-order chi connectivity index (χ0) is 24.4. The highest BCUT2D eigenvalue weighted by molar-refractivity contribution is 6.39. The summed E-state index contributed by atoms with van der Waals surface area (Å²) in [5.41, 5.74) is 6.79. The second kappa shape index (κ2) is 10.5. The molecule has 2 aliphatic rings. The second-order valence-corrected chi connectivity index (χ2v) is 9.48. The van der Waals surface area contributed by atoms with Gasteiger partial charge in [0.05, 0.1) is 16.7 Å². The molecule has 8 nitrogen and oxygen atoms in total. The quantitative estimate of drug-likeness (QED) is 0.312. The summed E-state index contributed by atoms with van der Waals surface area (Å²) in [6.45, 7) is 3.67. The molecule has 2 aromatic carbocycles. The normalized spacial score (nSPS) is 17.3. The minimum Gasteiger partial charge on any atom is -0.360 e. The van der Waals surface area contributed by atoms with Crippen LogP contribution >= 0.6 is 23.2 Å². The Morgan fingerprint density at radius 1 is 1.14 bits per heavy atom. The summed E-state index contributed by atoms with van der Waals surface area (Å²) in [5.74, 6) is 1.22. The summed E-state index contributed by atoms with van der Waals surface area (Å²) < 4.78 is 11.9. The van der Waals surface area contributed by atoms with Crippen molar-refractivity contribution in [3.05, 3.63) is 69.4 Å². The minimum absolute atomic E-state index is 0.333. The number of amides is 1. The Morgan fingerprint density at radius 2 is 1.89 bits per heavy atom. The van der Waals surface area contributed by atoms with Crippen LogP contribution in [-0.4, -0.2) is 24.5 Å². The van der Waals surface area contributed by atoms with Crippen LogP contribution in [0.2, 0.25) is 10.0 Å². The number of hydrogen-bond acceptors (Lipinski definition) is 7. The summed E-state index contributed by atoms with van der Waals surface area (Å²) in [6.07, 6.45) is 2.26. The molecule has 2 N–H and O–H groups in total. The van der Waals surface area contributed by atoms with Crippen LogP contribution in [0.3, 0.4) is 0 Å². The van der Waals surface area contributed by atoms with Crippen molar-refractivity contribution in [2.75, 3.05) is 18.2 Å². The number of anilines is 1. The molecule has 10 heteroatoms. The number of carbonyl (C=O) groups excluding carboxylic acids is 1. The van der Waals surface area contributed by atoms with Crippen LogP contribution in [-0.2, 0) is 16.2 Å². The summed E-state index contributed by atoms with van der Waals surface area (Å²) in [5, 5.41) is 8.08. The van der Waals surface area contributed by atoms with Crippen LogP contribution in [0.5, 0.6) is 0 Å². The van der Waals surface area contributed by atoms with Gasteiger partial charge in [-0.1, -0.05) is 53.5 Å². The van der Waals surface area contributed by atoms with Gasteiger partial charge in [0.2, 0.25) is 0 Å². The van der Waals surface area contributed by atoms with Gasteiger partial charge in [-0.05, 0) is 49.1 Å². The number of benzene rings is 2. The van der Waals surface area contributed by atoms with Crippen molar-refractivity contribution >= 4 is 35.0 Å². The van der Waals surface area contributed by atoms with Crippen molar-refractivity contribution in [3.8, 4) is 11.3 Å². The first-order chi connectivity index (χ1) is 17.0. The molecule has 5 rings (SSSR count). The molecule has 184 valence electrons. The Morgan fingerprint density at radius 3 is 2.51 bits per heavy atom. The number of rotatable bonds is 10. The number of hydrogen-bond donors (Lipinski definition) is 2. The highest BCUT2D eigenvalue weighted by Gasteiger charge is 2.33. The Kier molecular flexibility index (Phi) is 7.15. The molecule has 0 spiro atoms. The maximum absolute atomic E-state index is 11.3. The molecule has 2 fully saturated rings. The molecule has 1 aliphatic carbocycles. The molecule has 1 saturated heterocycles. The molecule has 0 radical (unpaired) electrons. The monoisotopic (exact) mass is 516 g/mol. The van der Waals surface area contributed by atoms with E-state index < -0.39 is 6.09 Å². The van der Waals surface area contributed by atoms with Gasteiger partial charge >= 0.3 is 6.09 Å². The SMILES string of the molecule is CCCN(COCc1c(-c2c(Cl)cccc2Cl)noc1C1CC1)c1ccc(C2NOC(=O)N2)cc1. The van der Waals surface area contributed by atoms with Crippen molar-refractivity contribution in [2.24, 2.45) is 0 Å². The van der Waals surface area contributed by atoms with Crippen LogP contribution in [0, 0.1) is 0 Å². The average molecular weight is 517 g/mol. The first-order valence-electron chi connectivity index (χ1n) is 11.6. The van der Waals surface area contributed by atoms with E-state index in [0.717, 1.165) is 48.4 Å². The molecular formula is C25H26Cl2N4O4. The molecule has 1 saturated carbocycles. The third kappa shape index (κ3) is 5.26. The number of nitrogens with zero attached hydrogens (tertiary/aromatic N) is 2. The molecule has 35 heavy (non-hydrogen) atoms. The lowest BCUT2D eigenvalue weighted by molar-refractivity contribution is 0.119. The number of halogens is 2. The molecule has 0 bridgehead atoms. The molecule has 1 aromatic heterocycles. The van der Waals surface area contributed by atoms with E-state index in [2.05, 4.69) is 27.8 Å². The largest absolute Gasteiger partial charge is 0.427 e. The topological polar surface area (TPSA) is 88.9 Å². The van der Waals surface area contributed by atoms with Crippen molar-refractivity contribution < 1.29 is 18.9 Å². The van der Waals surface area contributed by atoms with Crippen LogP contribution in [0.15, 0.2) is 47.0 Å². The standard InChI is InChI=1S/C25H26Cl2N4O4/c1-2-12-31(17-10-8-16(9-11-17)24-28-25(32)35-30-24)14-33-13-18-22(29-34-23(18)15-6-7-15)21-19(26)4-3-5-20(21)27/h3-5,8-11,15,24,30H,2,6-7,12-14H2,1H3,(H,28,32). The fraction of sp³-hybridized carbons (Fsp3) is 0.360. The lowest BCUT2D eigenvalue weighted by Crippen LogP contribution is -2.27. The fourth-order valence-electron chi connectivity index (χ4n) is 4.16. The number of carbonyl (C=O) groups is 1. The third-order valence-corrected chi connectivity index (χ3v) is 6.71. The van der Waals surface area contributed by atoms with Crippen molar-refractivity contribution in [1.29, 1.82) is 0 Å². The van der Waals surface area contributed by atoms with Gasteiger partial charge in [0, 0.05) is 29.3 Å². The zero-order valence-corrected chi connectivity index (χ0v) is 20.7. The number of hydroxylamine groups is 1. The molecule has 1 atom stereocenters. The Bertz CT molecular complexity index is 1180. The van der Waals surface area contributed by atoms with E-state index >= 15 is 0 Å². The highest BCUT2D eigenvalue weighted by Crippen LogP contribution is 2.46. The van der Waals surface area contributed by atoms with Crippen LogP contribution in [0.4, 0.5) is 10.5 Å². The van der Waals surface area contributed by atoms with E-state index in [-0.39, 0.29) is 6.17 Å². The minimum atomic E-state index is -0.489. The zero-order valence-electron chi connectivity index (χ0n) is 19.2. The van der Waals surface area contributed by atoms with Gasteiger partial charge in [-0.25, -0.2) is 4.79 Å². The highest BCUT2D eigenvalue weighted by atomic mass is 35.5. The molecule has 1 aliphatic heterocycles. The second-order valence-electron chi connectivity index (χ2n) is 8.66. The first-order valence-corrected chi connectivity index (χ1v) is 12.4. The van der Waals surface area contributed by atoms with Gasteiger partial charge < -0.3 is 19.0 Å². The summed E-state index contributed by atoms with van der Waals surface area (Å²) in [4.78, 5) is 18.2. The lowest BCUT2D eigenvalue weighted by Gasteiger charge is -2.24. The molecule has 2 heterocycles. The van der Waals surface area contributed by atoms with E-state index in [9.17, 15) is 4.79 Å². The van der Waals surface area contributed by atoms with E-state index in [0.29, 0.717) is 40.6 Å². The van der Waals surface area contributed by atoms with Gasteiger partial charge in [0.15, 0.2) is 0 Å². The smallest absolute Gasteiger partial charge is 0.360 e. The molecule has 1 unspecified atom stereocenters. The van der Waals surface area contributed by atoms with Crippen molar-refractivity contribution in [1.82, 2.24) is 16.0 Å². The van der Waals surface area contributed by atoms with Crippen LogP contribution in [0.1, 0.15) is 55.2 Å².